The number of esters is 1. The van der Waals surface area contributed by atoms with Crippen molar-refractivity contribution in [1.82, 2.24) is 5.32 Å². The first-order valence-corrected chi connectivity index (χ1v) is 30.1. The van der Waals surface area contributed by atoms with Crippen LogP contribution in [0.2, 0.25) is 0 Å². The third kappa shape index (κ3) is 53.5. The van der Waals surface area contributed by atoms with E-state index in [4.69, 9.17) is 4.74 Å². The van der Waals surface area contributed by atoms with Crippen molar-refractivity contribution in [2.24, 2.45) is 0 Å². The standard InChI is InChI=1S/C61H117NO5/c1-3-5-7-9-11-13-15-17-19-21-23-25-27-31-35-39-43-47-51-55-61(66)67-56-52-48-44-40-36-32-28-30-34-38-42-46-50-54-60(65)62-58(57-63)59(64)53-49-45-41-37-33-29-26-24-22-20-18-16-14-12-10-8-6-4-2/h11,13,17,19,58-59,63-64H,3-10,12,14-16,18,20-57H2,1-2H3,(H,62,65)/b13-11-,19-17-. The van der Waals surface area contributed by atoms with E-state index in [0.717, 1.165) is 57.8 Å². The number of unbranched alkanes of at least 4 members (excludes halogenated alkanes) is 41. The second-order valence-electron chi connectivity index (χ2n) is 20.7. The number of hydrogen-bond donors (Lipinski definition) is 3. The fourth-order valence-corrected chi connectivity index (χ4v) is 9.38. The number of hydrogen-bond acceptors (Lipinski definition) is 5. The van der Waals surface area contributed by atoms with Crippen LogP contribution < -0.4 is 5.32 Å². The Bertz CT molecular complexity index is 1040. The molecule has 1 amide bonds. The van der Waals surface area contributed by atoms with E-state index < -0.39 is 12.1 Å². The Morgan fingerprint density at radius 2 is 0.746 bits per heavy atom. The highest BCUT2D eigenvalue weighted by Gasteiger charge is 2.20. The zero-order valence-electron chi connectivity index (χ0n) is 45.1. The highest BCUT2D eigenvalue weighted by Crippen LogP contribution is 2.18. The maximum atomic E-state index is 12.5. The summed E-state index contributed by atoms with van der Waals surface area (Å²) in [5, 5.41) is 23.3. The third-order valence-electron chi connectivity index (χ3n) is 14.0. The van der Waals surface area contributed by atoms with Crippen LogP contribution in [-0.2, 0) is 14.3 Å². The molecule has 396 valence electrons. The average molecular weight is 945 g/mol. The van der Waals surface area contributed by atoms with Crippen molar-refractivity contribution in [3.63, 3.8) is 0 Å². The van der Waals surface area contributed by atoms with Gasteiger partial charge in [0.15, 0.2) is 0 Å². The smallest absolute Gasteiger partial charge is 0.305 e. The predicted octanol–water partition coefficient (Wildman–Crippen LogP) is 18.6. The van der Waals surface area contributed by atoms with Gasteiger partial charge in [-0.1, -0.05) is 282 Å². The molecule has 6 nitrogen and oxygen atoms in total. The topological polar surface area (TPSA) is 95.9 Å². The highest BCUT2D eigenvalue weighted by molar-refractivity contribution is 5.76. The first kappa shape index (κ1) is 65.3. The fourth-order valence-electron chi connectivity index (χ4n) is 9.38. The maximum absolute atomic E-state index is 12.5. The molecule has 0 fully saturated rings. The number of allylic oxidation sites excluding steroid dienone is 4. The van der Waals surface area contributed by atoms with Crippen molar-refractivity contribution in [1.29, 1.82) is 0 Å². The second kappa shape index (κ2) is 56.9. The number of aliphatic hydroxyl groups excluding tert-OH is 2. The van der Waals surface area contributed by atoms with Gasteiger partial charge in [0, 0.05) is 12.8 Å². The van der Waals surface area contributed by atoms with Crippen LogP contribution in [-0.4, -0.2) is 47.4 Å². The molecule has 0 rings (SSSR count). The van der Waals surface area contributed by atoms with Gasteiger partial charge in [-0.15, -0.1) is 0 Å². The molecule has 0 aromatic heterocycles. The Balaban J connectivity index is 3.43. The van der Waals surface area contributed by atoms with Crippen molar-refractivity contribution in [2.75, 3.05) is 13.2 Å². The zero-order valence-corrected chi connectivity index (χ0v) is 45.1. The molecular weight excluding hydrogens is 827 g/mol. The number of ether oxygens (including phenoxy) is 1. The fraction of sp³-hybridized carbons (Fsp3) is 0.902. The molecule has 0 aliphatic rings. The summed E-state index contributed by atoms with van der Waals surface area (Å²) in [5.41, 5.74) is 0. The van der Waals surface area contributed by atoms with Gasteiger partial charge in [-0.2, -0.15) is 0 Å². The Hall–Kier alpha value is -1.66. The Labute approximate surface area is 418 Å². The van der Waals surface area contributed by atoms with E-state index in [9.17, 15) is 19.8 Å². The first-order chi connectivity index (χ1) is 33.0. The van der Waals surface area contributed by atoms with Crippen molar-refractivity contribution in [2.45, 2.75) is 341 Å². The van der Waals surface area contributed by atoms with Crippen LogP contribution in [0.3, 0.4) is 0 Å². The highest BCUT2D eigenvalue weighted by atomic mass is 16.5. The third-order valence-corrected chi connectivity index (χ3v) is 14.0. The summed E-state index contributed by atoms with van der Waals surface area (Å²) >= 11 is 0. The molecule has 0 radical (unpaired) electrons. The molecule has 0 bridgehead atoms. The number of carbonyl (C=O) groups is 2. The molecule has 0 saturated carbocycles. The van der Waals surface area contributed by atoms with Gasteiger partial charge in [-0.3, -0.25) is 9.59 Å². The van der Waals surface area contributed by atoms with Gasteiger partial charge in [0.1, 0.15) is 0 Å². The number of amides is 1. The van der Waals surface area contributed by atoms with Crippen molar-refractivity contribution in [3.8, 4) is 0 Å². The molecule has 0 spiro atoms. The SMILES string of the molecule is CCCCC/C=C\C/C=C\CCCCCCCCCCCC(=O)OCCCCCCCCCCCCCCCC(=O)NC(CO)C(O)CCCCCCCCCCCCCCCCCCCC. The molecule has 2 unspecified atom stereocenters. The van der Waals surface area contributed by atoms with Crippen molar-refractivity contribution < 1.29 is 24.5 Å². The normalized spacial score (nSPS) is 12.7. The molecule has 0 saturated heterocycles. The van der Waals surface area contributed by atoms with E-state index in [-0.39, 0.29) is 18.5 Å². The maximum Gasteiger partial charge on any atom is 0.305 e. The number of aliphatic hydroxyl groups is 2. The lowest BCUT2D eigenvalue weighted by atomic mass is 10.0. The van der Waals surface area contributed by atoms with Crippen LogP contribution in [0.15, 0.2) is 24.3 Å². The molecule has 0 aromatic rings. The van der Waals surface area contributed by atoms with Gasteiger partial charge < -0.3 is 20.3 Å². The summed E-state index contributed by atoms with van der Waals surface area (Å²) in [7, 11) is 0. The summed E-state index contributed by atoms with van der Waals surface area (Å²) in [6, 6.07) is -0.552. The Morgan fingerprint density at radius 3 is 1.16 bits per heavy atom. The number of carbonyl (C=O) groups excluding carboxylic acids is 2. The predicted molar refractivity (Wildman–Crippen MR) is 292 cm³/mol. The van der Waals surface area contributed by atoms with E-state index in [1.54, 1.807) is 0 Å². The van der Waals surface area contributed by atoms with Gasteiger partial charge in [0.2, 0.25) is 5.91 Å². The minimum Gasteiger partial charge on any atom is -0.466 e. The van der Waals surface area contributed by atoms with Crippen LogP contribution in [0.4, 0.5) is 0 Å². The summed E-state index contributed by atoms with van der Waals surface area (Å²) < 4.78 is 5.49. The molecular formula is C61H117NO5. The van der Waals surface area contributed by atoms with Gasteiger partial charge in [-0.25, -0.2) is 0 Å². The summed E-state index contributed by atoms with van der Waals surface area (Å²) in [5.74, 6) is -0.0538. The first-order valence-electron chi connectivity index (χ1n) is 30.1. The number of rotatable bonds is 56. The minimum atomic E-state index is -0.673. The molecule has 6 heteroatoms. The molecule has 2 atom stereocenters. The lowest BCUT2D eigenvalue weighted by Gasteiger charge is -2.22. The van der Waals surface area contributed by atoms with Gasteiger partial charge in [0.05, 0.1) is 25.4 Å². The van der Waals surface area contributed by atoms with Crippen molar-refractivity contribution >= 4 is 11.9 Å². The zero-order chi connectivity index (χ0) is 48.6. The van der Waals surface area contributed by atoms with E-state index in [0.29, 0.717) is 25.9 Å². The van der Waals surface area contributed by atoms with E-state index in [1.165, 1.54) is 238 Å². The van der Waals surface area contributed by atoms with E-state index in [2.05, 4.69) is 43.5 Å². The summed E-state index contributed by atoms with van der Waals surface area (Å²) in [4.78, 5) is 24.6. The quantitative estimate of drug-likeness (QED) is 0.0321. The molecule has 67 heavy (non-hydrogen) atoms. The molecule has 0 aliphatic heterocycles. The summed E-state index contributed by atoms with van der Waals surface area (Å²) in [6.45, 7) is 4.92. The molecule has 0 aliphatic carbocycles. The minimum absolute atomic E-state index is 0.00843. The lowest BCUT2D eigenvalue weighted by Crippen LogP contribution is -2.45. The van der Waals surface area contributed by atoms with E-state index >= 15 is 0 Å². The van der Waals surface area contributed by atoms with E-state index in [1.807, 2.05) is 0 Å². The van der Waals surface area contributed by atoms with Crippen LogP contribution in [0.25, 0.3) is 0 Å². The van der Waals surface area contributed by atoms with Crippen LogP contribution in [0.1, 0.15) is 328 Å². The van der Waals surface area contributed by atoms with Gasteiger partial charge >= 0.3 is 5.97 Å². The van der Waals surface area contributed by atoms with Gasteiger partial charge in [0.25, 0.3) is 0 Å². The summed E-state index contributed by atoms with van der Waals surface area (Å²) in [6.07, 6.45) is 68.8. The van der Waals surface area contributed by atoms with Crippen LogP contribution in [0, 0.1) is 0 Å². The second-order valence-corrected chi connectivity index (χ2v) is 20.7. The molecule has 0 heterocycles. The average Bonchev–Trinajstić information content (AvgIpc) is 3.33. The monoisotopic (exact) mass is 944 g/mol. The number of nitrogens with one attached hydrogen (secondary N) is 1. The molecule has 0 aromatic carbocycles. The Kier molecular flexibility index (Phi) is 55.5. The van der Waals surface area contributed by atoms with Gasteiger partial charge in [-0.05, 0) is 57.8 Å². The van der Waals surface area contributed by atoms with Crippen molar-refractivity contribution in [3.05, 3.63) is 24.3 Å². The lowest BCUT2D eigenvalue weighted by molar-refractivity contribution is -0.143. The Morgan fingerprint density at radius 1 is 0.418 bits per heavy atom. The van der Waals surface area contributed by atoms with Crippen LogP contribution >= 0.6 is 0 Å². The van der Waals surface area contributed by atoms with Crippen LogP contribution in [0.5, 0.6) is 0 Å². The largest absolute Gasteiger partial charge is 0.466 e. The molecule has 3 N–H and O–H groups in total.